The van der Waals surface area contributed by atoms with E-state index in [4.69, 9.17) is 4.74 Å². The summed E-state index contributed by atoms with van der Waals surface area (Å²) in [5.41, 5.74) is 2.38. The van der Waals surface area contributed by atoms with E-state index in [9.17, 15) is 0 Å². The molecule has 1 aliphatic rings. The normalized spacial score (nSPS) is 20.0. The molecule has 1 atom stereocenters. The fourth-order valence-corrected chi connectivity index (χ4v) is 2.37. The Balaban J connectivity index is 1.70. The topological polar surface area (TPSA) is 39.1 Å². The largest absolute Gasteiger partial charge is 0.378 e. The van der Waals surface area contributed by atoms with Crippen LogP contribution in [0.1, 0.15) is 37.6 Å². The molecular weight excluding hydrogens is 214 g/mol. The number of hydrogen-bond donors (Lipinski definition) is 1. The summed E-state index contributed by atoms with van der Waals surface area (Å²) < 4.78 is 7.66. The van der Waals surface area contributed by atoms with Gasteiger partial charge in [-0.2, -0.15) is 5.10 Å². The van der Waals surface area contributed by atoms with Gasteiger partial charge in [-0.05, 0) is 45.7 Å². The highest BCUT2D eigenvalue weighted by atomic mass is 16.5. The predicted molar refractivity (Wildman–Crippen MR) is 67.9 cm³/mol. The molecule has 2 rings (SSSR count). The number of rotatable bonds is 6. The average molecular weight is 237 g/mol. The molecule has 1 aromatic heterocycles. The Bertz CT molecular complexity index is 342. The van der Waals surface area contributed by atoms with Gasteiger partial charge in [-0.15, -0.1) is 0 Å². The minimum atomic E-state index is 0.486. The fourth-order valence-electron chi connectivity index (χ4n) is 2.37. The first-order chi connectivity index (χ1) is 8.29. The molecule has 4 nitrogen and oxygen atoms in total. The molecule has 4 heteroatoms. The first-order valence-corrected chi connectivity index (χ1v) is 6.65. The lowest BCUT2D eigenvalue weighted by Crippen LogP contribution is -2.21. The van der Waals surface area contributed by atoms with Crippen LogP contribution in [0.25, 0.3) is 0 Å². The van der Waals surface area contributed by atoms with E-state index in [1.165, 1.54) is 18.5 Å². The lowest BCUT2D eigenvalue weighted by molar-refractivity contribution is 0.104. The van der Waals surface area contributed by atoms with Gasteiger partial charge in [0.1, 0.15) is 0 Å². The number of aromatic nitrogens is 2. The van der Waals surface area contributed by atoms with Gasteiger partial charge in [0.05, 0.1) is 17.5 Å². The van der Waals surface area contributed by atoms with E-state index in [0.717, 1.165) is 38.4 Å². The van der Waals surface area contributed by atoms with E-state index < -0.39 is 0 Å². The van der Waals surface area contributed by atoms with Crippen molar-refractivity contribution >= 4 is 0 Å². The first kappa shape index (κ1) is 12.6. The summed E-state index contributed by atoms with van der Waals surface area (Å²) in [6.07, 6.45) is 4.07. The van der Waals surface area contributed by atoms with Crippen molar-refractivity contribution in [1.29, 1.82) is 0 Å². The van der Waals surface area contributed by atoms with Crippen molar-refractivity contribution in [2.24, 2.45) is 0 Å². The summed E-state index contributed by atoms with van der Waals surface area (Å²) in [5.74, 6) is 0. The van der Waals surface area contributed by atoms with Gasteiger partial charge in [0.2, 0.25) is 0 Å². The van der Waals surface area contributed by atoms with Crippen molar-refractivity contribution < 1.29 is 4.74 Å². The number of nitrogens with zero attached hydrogens (tertiary/aromatic N) is 2. The zero-order chi connectivity index (χ0) is 12.1. The Morgan fingerprint density at radius 2 is 2.47 bits per heavy atom. The Kier molecular flexibility index (Phi) is 4.57. The van der Waals surface area contributed by atoms with E-state index in [-0.39, 0.29) is 0 Å². The summed E-state index contributed by atoms with van der Waals surface area (Å²) in [7, 11) is 0. The monoisotopic (exact) mass is 237 g/mol. The summed E-state index contributed by atoms with van der Waals surface area (Å²) in [4.78, 5) is 0. The number of nitrogens with one attached hydrogen (secondary N) is 1. The van der Waals surface area contributed by atoms with E-state index in [0.29, 0.717) is 6.10 Å². The van der Waals surface area contributed by atoms with Gasteiger partial charge in [0.25, 0.3) is 0 Å². The molecule has 1 N–H and O–H groups in total. The maximum absolute atomic E-state index is 5.60. The summed E-state index contributed by atoms with van der Waals surface area (Å²) in [6.45, 7) is 7.99. The van der Waals surface area contributed by atoms with E-state index in [1.807, 2.05) is 6.92 Å². The van der Waals surface area contributed by atoms with Gasteiger partial charge >= 0.3 is 0 Å². The van der Waals surface area contributed by atoms with Crippen LogP contribution in [0.3, 0.4) is 0 Å². The molecule has 0 spiro atoms. The number of hydrogen-bond acceptors (Lipinski definition) is 3. The molecule has 0 aliphatic carbocycles. The van der Waals surface area contributed by atoms with Gasteiger partial charge in [-0.3, -0.25) is 4.68 Å². The van der Waals surface area contributed by atoms with Gasteiger partial charge in [0.15, 0.2) is 0 Å². The predicted octanol–water partition coefficient (Wildman–Crippen LogP) is 1.87. The van der Waals surface area contributed by atoms with Crippen molar-refractivity contribution in [2.75, 3.05) is 13.2 Å². The molecule has 0 amide bonds. The Morgan fingerprint density at radius 1 is 1.59 bits per heavy atom. The average Bonchev–Trinajstić information content (AvgIpc) is 2.93. The van der Waals surface area contributed by atoms with Crippen LogP contribution in [0.15, 0.2) is 6.07 Å². The van der Waals surface area contributed by atoms with Gasteiger partial charge in [-0.1, -0.05) is 0 Å². The highest BCUT2D eigenvalue weighted by Gasteiger charge is 2.14. The van der Waals surface area contributed by atoms with Crippen LogP contribution < -0.4 is 5.32 Å². The molecule has 0 aromatic carbocycles. The third-order valence-electron chi connectivity index (χ3n) is 3.26. The molecule has 0 saturated carbocycles. The first-order valence-electron chi connectivity index (χ1n) is 6.65. The lowest BCUT2D eigenvalue weighted by Gasteiger charge is -2.10. The van der Waals surface area contributed by atoms with Crippen LogP contribution in [0.4, 0.5) is 0 Å². The van der Waals surface area contributed by atoms with Crippen molar-refractivity contribution in [2.45, 2.75) is 52.3 Å². The minimum Gasteiger partial charge on any atom is -0.378 e. The second-order valence-electron chi connectivity index (χ2n) is 4.69. The molecule has 1 unspecified atom stereocenters. The third kappa shape index (κ3) is 3.54. The van der Waals surface area contributed by atoms with Crippen LogP contribution in [0.5, 0.6) is 0 Å². The Morgan fingerprint density at radius 3 is 3.18 bits per heavy atom. The van der Waals surface area contributed by atoms with Gasteiger partial charge in [-0.25, -0.2) is 0 Å². The highest BCUT2D eigenvalue weighted by molar-refractivity contribution is 5.08. The van der Waals surface area contributed by atoms with Gasteiger partial charge < -0.3 is 10.1 Å². The molecule has 1 fully saturated rings. The smallest absolute Gasteiger partial charge is 0.0597 e. The Hall–Kier alpha value is -0.870. The quantitative estimate of drug-likeness (QED) is 0.768. The van der Waals surface area contributed by atoms with Crippen molar-refractivity contribution in [3.05, 3.63) is 17.5 Å². The second-order valence-corrected chi connectivity index (χ2v) is 4.69. The van der Waals surface area contributed by atoms with Crippen LogP contribution in [-0.4, -0.2) is 29.0 Å². The van der Waals surface area contributed by atoms with Gasteiger partial charge in [0, 0.05) is 19.7 Å². The molecule has 0 radical (unpaired) electrons. The number of ether oxygens (including phenoxy) is 1. The minimum absolute atomic E-state index is 0.486. The standard InChI is InChI=1S/C13H23N3O/c1-3-16-12(9-11(2)15-16)10-14-7-6-13-5-4-8-17-13/h9,13-14H,3-8,10H2,1-2H3. The summed E-state index contributed by atoms with van der Waals surface area (Å²) in [5, 5.41) is 7.91. The van der Waals surface area contributed by atoms with Crippen LogP contribution in [-0.2, 0) is 17.8 Å². The molecule has 0 bridgehead atoms. The zero-order valence-corrected chi connectivity index (χ0v) is 10.9. The van der Waals surface area contributed by atoms with Crippen molar-refractivity contribution in [3.63, 3.8) is 0 Å². The number of aryl methyl sites for hydroxylation is 2. The van der Waals surface area contributed by atoms with Crippen molar-refractivity contribution in [1.82, 2.24) is 15.1 Å². The summed E-state index contributed by atoms with van der Waals surface area (Å²) in [6, 6.07) is 2.16. The molecule has 17 heavy (non-hydrogen) atoms. The van der Waals surface area contributed by atoms with Crippen LogP contribution in [0, 0.1) is 6.92 Å². The van der Waals surface area contributed by atoms with E-state index in [1.54, 1.807) is 0 Å². The van der Waals surface area contributed by atoms with E-state index >= 15 is 0 Å². The SMILES string of the molecule is CCn1nc(C)cc1CNCCC1CCCO1. The highest BCUT2D eigenvalue weighted by Crippen LogP contribution is 2.14. The lowest BCUT2D eigenvalue weighted by atomic mass is 10.2. The van der Waals surface area contributed by atoms with Crippen LogP contribution >= 0.6 is 0 Å². The van der Waals surface area contributed by atoms with Crippen molar-refractivity contribution in [3.8, 4) is 0 Å². The maximum Gasteiger partial charge on any atom is 0.0597 e. The Labute approximate surface area is 103 Å². The summed E-state index contributed by atoms with van der Waals surface area (Å²) >= 11 is 0. The molecule has 96 valence electrons. The molecule has 2 heterocycles. The molecule has 1 aromatic rings. The fraction of sp³-hybridized carbons (Fsp3) is 0.769. The molecular formula is C13H23N3O. The molecule has 1 saturated heterocycles. The second kappa shape index (κ2) is 6.17. The van der Waals surface area contributed by atoms with E-state index in [2.05, 4.69) is 28.1 Å². The maximum atomic E-state index is 5.60. The third-order valence-corrected chi connectivity index (χ3v) is 3.26. The zero-order valence-electron chi connectivity index (χ0n) is 10.9. The van der Waals surface area contributed by atoms with Crippen LogP contribution in [0.2, 0.25) is 0 Å². The molecule has 1 aliphatic heterocycles.